The Hall–Kier alpha value is -1.46. The number of alkyl halides is 2. The smallest absolute Gasteiger partial charge is 0.319 e. The van der Waals surface area contributed by atoms with Crippen LogP contribution in [0.2, 0.25) is 0 Å². The molecule has 24 heavy (non-hydrogen) atoms. The average molecular weight is 457 g/mol. The van der Waals surface area contributed by atoms with Crippen molar-refractivity contribution in [3.05, 3.63) is 18.2 Å². The largest absolute Gasteiger partial charge is 0.469 e. The Morgan fingerprint density at radius 1 is 1.54 bits per heavy atom. The highest BCUT2D eigenvalue weighted by atomic mass is 127. The van der Waals surface area contributed by atoms with Crippen molar-refractivity contribution in [1.82, 2.24) is 19.8 Å². The van der Waals surface area contributed by atoms with E-state index in [1.54, 1.807) is 7.05 Å². The van der Waals surface area contributed by atoms with Crippen molar-refractivity contribution in [1.29, 1.82) is 0 Å². The van der Waals surface area contributed by atoms with Gasteiger partial charge in [0.1, 0.15) is 5.82 Å². The maximum Gasteiger partial charge on any atom is 0.319 e. The van der Waals surface area contributed by atoms with Gasteiger partial charge in [-0.2, -0.15) is 8.78 Å². The van der Waals surface area contributed by atoms with Crippen molar-refractivity contribution >= 4 is 35.9 Å². The van der Waals surface area contributed by atoms with Gasteiger partial charge in [-0.25, -0.2) is 4.98 Å². The van der Waals surface area contributed by atoms with E-state index in [-0.39, 0.29) is 54.2 Å². The quantitative estimate of drug-likeness (QED) is 0.323. The standard InChI is InChI=1S/C14H21F2N5O2.HI/c1-9-7-20(8-10(9)12(22)23-3)14(17-2)19-6-11-18-4-5-21(11)13(15)16;/h4-5,9-10,13H,6-8H2,1-3H3,(H,17,19);1H. The molecule has 0 aromatic carbocycles. The van der Waals surface area contributed by atoms with Crippen molar-refractivity contribution in [2.75, 3.05) is 27.2 Å². The molecule has 2 atom stereocenters. The minimum Gasteiger partial charge on any atom is -0.469 e. The number of nitrogens with one attached hydrogen (secondary N) is 1. The molecule has 1 aliphatic heterocycles. The molecule has 7 nitrogen and oxygen atoms in total. The molecule has 2 heterocycles. The van der Waals surface area contributed by atoms with E-state index in [4.69, 9.17) is 4.74 Å². The van der Waals surface area contributed by atoms with E-state index < -0.39 is 6.55 Å². The number of hydrogen-bond acceptors (Lipinski definition) is 4. The van der Waals surface area contributed by atoms with E-state index in [0.717, 1.165) is 4.57 Å². The number of halogens is 3. The van der Waals surface area contributed by atoms with Gasteiger partial charge in [-0.15, -0.1) is 24.0 Å². The van der Waals surface area contributed by atoms with E-state index in [1.165, 1.54) is 19.5 Å². The lowest BCUT2D eigenvalue weighted by atomic mass is 9.99. The van der Waals surface area contributed by atoms with Gasteiger partial charge in [0.15, 0.2) is 5.96 Å². The number of carbonyl (C=O) groups excluding carboxylic acids is 1. The highest BCUT2D eigenvalue weighted by molar-refractivity contribution is 14.0. The number of nitrogens with zero attached hydrogens (tertiary/aromatic N) is 4. The summed E-state index contributed by atoms with van der Waals surface area (Å²) in [4.78, 5) is 21.7. The van der Waals surface area contributed by atoms with E-state index in [9.17, 15) is 13.6 Å². The lowest BCUT2D eigenvalue weighted by Gasteiger charge is -2.21. The van der Waals surface area contributed by atoms with Crippen LogP contribution in [-0.4, -0.2) is 53.6 Å². The van der Waals surface area contributed by atoms with Crippen LogP contribution in [0, 0.1) is 11.8 Å². The second kappa shape index (κ2) is 9.14. The molecule has 0 radical (unpaired) electrons. The number of esters is 1. The third kappa shape index (κ3) is 4.54. The summed E-state index contributed by atoms with van der Waals surface area (Å²) >= 11 is 0. The maximum atomic E-state index is 12.8. The van der Waals surface area contributed by atoms with Crippen LogP contribution in [0.1, 0.15) is 19.3 Å². The van der Waals surface area contributed by atoms with Gasteiger partial charge in [-0.05, 0) is 5.92 Å². The van der Waals surface area contributed by atoms with Crippen molar-refractivity contribution in [2.45, 2.75) is 20.0 Å². The second-order valence-corrected chi connectivity index (χ2v) is 5.44. The number of carbonyl (C=O) groups is 1. The molecule has 1 aromatic heterocycles. The molecular weight excluding hydrogens is 435 g/mol. The summed E-state index contributed by atoms with van der Waals surface area (Å²) in [5, 5.41) is 3.01. The topological polar surface area (TPSA) is 71.8 Å². The predicted molar refractivity (Wildman–Crippen MR) is 95.3 cm³/mol. The number of hydrogen-bond donors (Lipinski definition) is 1. The molecule has 0 saturated carbocycles. The third-order valence-corrected chi connectivity index (χ3v) is 3.99. The van der Waals surface area contributed by atoms with Gasteiger partial charge in [0.25, 0.3) is 0 Å². The zero-order chi connectivity index (χ0) is 17.0. The zero-order valence-corrected chi connectivity index (χ0v) is 16.1. The van der Waals surface area contributed by atoms with E-state index in [1.807, 2.05) is 11.8 Å². The fourth-order valence-corrected chi connectivity index (χ4v) is 2.75. The first-order valence-corrected chi connectivity index (χ1v) is 7.31. The van der Waals surface area contributed by atoms with Gasteiger partial charge >= 0.3 is 12.5 Å². The van der Waals surface area contributed by atoms with Crippen LogP contribution in [0.3, 0.4) is 0 Å². The first kappa shape index (κ1) is 20.6. The highest BCUT2D eigenvalue weighted by Gasteiger charge is 2.36. The van der Waals surface area contributed by atoms with Gasteiger partial charge < -0.3 is 15.0 Å². The van der Waals surface area contributed by atoms with Crippen LogP contribution < -0.4 is 5.32 Å². The number of methoxy groups -OCH3 is 1. The summed E-state index contributed by atoms with van der Waals surface area (Å²) in [6.07, 6.45) is 2.56. The maximum absolute atomic E-state index is 12.8. The Morgan fingerprint density at radius 3 is 2.83 bits per heavy atom. The first-order chi connectivity index (χ1) is 11.0. The molecule has 1 fully saturated rings. The minimum absolute atomic E-state index is 0. The van der Waals surface area contributed by atoms with Crippen molar-refractivity contribution in [3.8, 4) is 0 Å². The molecule has 1 aliphatic rings. The normalized spacial score (nSPS) is 20.9. The summed E-state index contributed by atoms with van der Waals surface area (Å²) in [7, 11) is 2.98. The minimum atomic E-state index is -2.63. The van der Waals surface area contributed by atoms with Crippen LogP contribution in [0.15, 0.2) is 17.4 Å². The molecule has 136 valence electrons. The fraction of sp³-hybridized carbons (Fsp3) is 0.643. The number of rotatable bonds is 4. The second-order valence-electron chi connectivity index (χ2n) is 5.44. The van der Waals surface area contributed by atoms with Crippen LogP contribution in [-0.2, 0) is 16.1 Å². The summed E-state index contributed by atoms with van der Waals surface area (Å²) in [6.45, 7) is 0.585. The fourth-order valence-electron chi connectivity index (χ4n) is 2.75. The number of ether oxygens (including phenoxy) is 1. The predicted octanol–water partition coefficient (Wildman–Crippen LogP) is 1.71. The van der Waals surface area contributed by atoms with Gasteiger partial charge in [0.2, 0.25) is 0 Å². The molecule has 0 aliphatic carbocycles. The Balaban J connectivity index is 0.00000288. The van der Waals surface area contributed by atoms with Gasteiger partial charge in [-0.1, -0.05) is 6.92 Å². The van der Waals surface area contributed by atoms with Crippen LogP contribution >= 0.6 is 24.0 Å². The molecule has 2 unspecified atom stereocenters. The van der Waals surface area contributed by atoms with E-state index in [2.05, 4.69) is 15.3 Å². The van der Waals surface area contributed by atoms with E-state index >= 15 is 0 Å². The molecular formula is C14H22F2IN5O2. The average Bonchev–Trinajstić information content (AvgIpc) is 3.14. The molecule has 1 N–H and O–H groups in total. The SMILES string of the molecule is CN=C(NCc1nccn1C(F)F)N1CC(C)C(C(=O)OC)C1.I. The Kier molecular flexibility index (Phi) is 7.84. The van der Waals surface area contributed by atoms with Gasteiger partial charge in [0.05, 0.1) is 19.6 Å². The Bertz CT molecular complexity index is 581. The Labute approximate surface area is 156 Å². The zero-order valence-electron chi connectivity index (χ0n) is 13.8. The molecule has 1 aromatic rings. The number of guanidine groups is 1. The lowest BCUT2D eigenvalue weighted by Crippen LogP contribution is -2.40. The van der Waals surface area contributed by atoms with Crippen molar-refractivity contribution in [3.63, 3.8) is 0 Å². The Morgan fingerprint density at radius 2 is 2.25 bits per heavy atom. The summed E-state index contributed by atoms with van der Waals surface area (Å²) < 4.78 is 31.2. The summed E-state index contributed by atoms with van der Waals surface area (Å²) in [5.41, 5.74) is 0. The van der Waals surface area contributed by atoms with Crippen LogP contribution in [0.4, 0.5) is 8.78 Å². The van der Waals surface area contributed by atoms with Gasteiger partial charge in [-0.3, -0.25) is 14.4 Å². The number of aromatic nitrogens is 2. The number of imidazole rings is 1. The van der Waals surface area contributed by atoms with Crippen LogP contribution in [0.25, 0.3) is 0 Å². The van der Waals surface area contributed by atoms with Crippen molar-refractivity contribution < 1.29 is 18.3 Å². The highest BCUT2D eigenvalue weighted by Crippen LogP contribution is 2.24. The van der Waals surface area contributed by atoms with E-state index in [0.29, 0.717) is 19.0 Å². The number of aliphatic imine (C=N–C) groups is 1. The summed E-state index contributed by atoms with van der Waals surface area (Å²) in [6, 6.07) is 0. The summed E-state index contributed by atoms with van der Waals surface area (Å²) in [5.74, 6) is 0.430. The molecule has 10 heteroatoms. The van der Waals surface area contributed by atoms with Crippen molar-refractivity contribution in [2.24, 2.45) is 16.8 Å². The lowest BCUT2D eigenvalue weighted by molar-refractivity contribution is -0.145. The molecule has 0 bridgehead atoms. The number of likely N-dealkylation sites (tertiary alicyclic amines) is 1. The first-order valence-electron chi connectivity index (χ1n) is 7.31. The van der Waals surface area contributed by atoms with Gasteiger partial charge in [0, 0.05) is 32.5 Å². The van der Waals surface area contributed by atoms with Crippen LogP contribution in [0.5, 0.6) is 0 Å². The monoisotopic (exact) mass is 457 g/mol. The molecule has 0 amide bonds. The third-order valence-electron chi connectivity index (χ3n) is 3.99. The molecule has 0 spiro atoms. The molecule has 1 saturated heterocycles. The molecule has 2 rings (SSSR count).